The molecule has 1 unspecified atom stereocenters. The van der Waals surface area contributed by atoms with E-state index < -0.39 is 5.97 Å². The lowest BCUT2D eigenvalue weighted by Crippen LogP contribution is -3.14. The molecular weight excluding hydrogens is 342 g/mol. The van der Waals surface area contributed by atoms with Crippen molar-refractivity contribution in [3.63, 3.8) is 0 Å². The number of ether oxygens (including phenoxy) is 1. The molecule has 1 aliphatic rings. The second kappa shape index (κ2) is 7.45. The van der Waals surface area contributed by atoms with Crippen molar-refractivity contribution in [2.24, 2.45) is 5.92 Å². The Bertz CT molecular complexity index is 802. The lowest BCUT2D eigenvalue weighted by molar-refractivity contribution is -0.900. The molecule has 1 aromatic carbocycles. The van der Waals surface area contributed by atoms with Crippen LogP contribution in [0.2, 0.25) is 5.02 Å². The average molecular weight is 365 g/mol. The van der Waals surface area contributed by atoms with Gasteiger partial charge in [0.05, 0.1) is 25.9 Å². The zero-order chi connectivity index (χ0) is 18.0. The molecule has 25 heavy (non-hydrogen) atoms. The number of aromatic amines is 1. The number of methoxy groups -OCH3 is 1. The van der Waals surface area contributed by atoms with Gasteiger partial charge in [0, 0.05) is 21.8 Å². The molecule has 6 nitrogen and oxygen atoms in total. The van der Waals surface area contributed by atoms with E-state index in [1.54, 1.807) is 18.2 Å². The number of hydrogen-bond donors (Lipinski definition) is 3. The number of quaternary nitrogens is 1. The molecule has 0 radical (unpaired) electrons. The van der Waals surface area contributed by atoms with Crippen LogP contribution in [0.25, 0.3) is 10.9 Å². The fraction of sp³-hybridized carbons (Fsp3) is 0.444. The Kier molecular flexibility index (Phi) is 5.30. The first-order chi connectivity index (χ1) is 12.0. The minimum absolute atomic E-state index is 0.116. The number of halogens is 1. The third-order valence-electron chi connectivity index (χ3n) is 4.69. The second-order valence-electron chi connectivity index (χ2n) is 6.73. The topological polar surface area (TPSA) is 75.6 Å². The molecule has 1 fully saturated rings. The number of fused-ring (bicyclic) bond motifs is 1. The Morgan fingerprint density at radius 2 is 2.24 bits per heavy atom. The molecule has 7 heteroatoms. The van der Waals surface area contributed by atoms with Crippen LogP contribution in [0.15, 0.2) is 18.2 Å². The largest absolute Gasteiger partial charge is 0.464 e. The van der Waals surface area contributed by atoms with Gasteiger partial charge in [-0.25, -0.2) is 4.79 Å². The molecule has 2 aromatic rings. The Labute approximate surface area is 151 Å². The van der Waals surface area contributed by atoms with Gasteiger partial charge in [-0.05, 0) is 31.0 Å². The summed E-state index contributed by atoms with van der Waals surface area (Å²) in [6.45, 7) is 4.60. The molecule has 0 bridgehead atoms. The van der Waals surface area contributed by atoms with Crippen molar-refractivity contribution < 1.29 is 19.2 Å². The Morgan fingerprint density at radius 1 is 1.44 bits per heavy atom. The van der Waals surface area contributed by atoms with E-state index in [-0.39, 0.29) is 11.6 Å². The summed E-state index contributed by atoms with van der Waals surface area (Å²) in [6.07, 6.45) is 2.36. The maximum absolute atomic E-state index is 12.5. The summed E-state index contributed by atoms with van der Waals surface area (Å²) in [4.78, 5) is 28.9. The molecule has 1 amide bonds. The molecule has 0 saturated carbocycles. The van der Waals surface area contributed by atoms with Crippen molar-refractivity contribution in [2.45, 2.75) is 19.8 Å². The number of carbonyl (C=O) groups is 2. The number of piperidine rings is 1. The van der Waals surface area contributed by atoms with Crippen LogP contribution >= 0.6 is 11.6 Å². The van der Waals surface area contributed by atoms with Gasteiger partial charge in [0.1, 0.15) is 5.69 Å². The predicted molar refractivity (Wildman–Crippen MR) is 97.2 cm³/mol. The average Bonchev–Trinajstić information content (AvgIpc) is 2.92. The molecule has 1 saturated heterocycles. The van der Waals surface area contributed by atoms with Crippen LogP contribution < -0.4 is 10.2 Å². The van der Waals surface area contributed by atoms with Crippen molar-refractivity contribution in [2.75, 3.05) is 32.1 Å². The van der Waals surface area contributed by atoms with E-state index in [0.29, 0.717) is 28.6 Å². The van der Waals surface area contributed by atoms with Gasteiger partial charge in [0.15, 0.2) is 6.54 Å². The monoisotopic (exact) mass is 364 g/mol. The van der Waals surface area contributed by atoms with E-state index in [0.717, 1.165) is 25.0 Å². The van der Waals surface area contributed by atoms with Crippen LogP contribution in [0.3, 0.4) is 0 Å². The van der Waals surface area contributed by atoms with Gasteiger partial charge in [-0.3, -0.25) is 4.79 Å². The lowest BCUT2D eigenvalue weighted by Gasteiger charge is -2.27. The van der Waals surface area contributed by atoms with E-state index in [1.807, 2.05) is 0 Å². The first-order valence-corrected chi connectivity index (χ1v) is 8.88. The summed E-state index contributed by atoms with van der Waals surface area (Å²) >= 11 is 6.07. The maximum atomic E-state index is 12.5. The zero-order valence-corrected chi connectivity index (χ0v) is 15.2. The minimum atomic E-state index is -0.526. The molecule has 1 aliphatic heterocycles. The smallest absolute Gasteiger partial charge is 0.356 e. The van der Waals surface area contributed by atoms with Crippen LogP contribution in [0.4, 0.5) is 5.69 Å². The number of aromatic nitrogens is 1. The third-order valence-corrected chi connectivity index (χ3v) is 4.92. The van der Waals surface area contributed by atoms with Crippen LogP contribution in [-0.2, 0) is 9.53 Å². The fourth-order valence-corrected chi connectivity index (χ4v) is 3.69. The summed E-state index contributed by atoms with van der Waals surface area (Å²) < 4.78 is 4.82. The van der Waals surface area contributed by atoms with E-state index in [1.165, 1.54) is 18.4 Å². The molecule has 2 heterocycles. The highest BCUT2D eigenvalue weighted by Crippen LogP contribution is 2.30. The normalized spacial score (nSPS) is 20.4. The third kappa shape index (κ3) is 3.96. The number of H-pyrrole nitrogens is 1. The fourth-order valence-electron chi connectivity index (χ4n) is 3.52. The number of likely N-dealkylation sites (tertiary alicyclic amines) is 1. The summed E-state index contributed by atoms with van der Waals surface area (Å²) in [5.74, 6) is -0.00855. The first-order valence-electron chi connectivity index (χ1n) is 8.51. The summed E-state index contributed by atoms with van der Waals surface area (Å²) in [6, 6.07) is 5.23. The molecule has 2 atom stereocenters. The molecule has 3 N–H and O–H groups in total. The van der Waals surface area contributed by atoms with Gasteiger partial charge in [0.2, 0.25) is 0 Å². The summed E-state index contributed by atoms with van der Waals surface area (Å²) in [7, 11) is 1.31. The molecule has 134 valence electrons. The number of nitrogens with one attached hydrogen (secondary N) is 3. The first kappa shape index (κ1) is 17.8. The highest BCUT2D eigenvalue weighted by Gasteiger charge is 2.25. The number of amides is 1. The lowest BCUT2D eigenvalue weighted by atomic mass is 10.0. The predicted octanol–water partition coefficient (Wildman–Crippen LogP) is 1.86. The molecule has 1 aromatic heterocycles. The van der Waals surface area contributed by atoms with E-state index in [9.17, 15) is 9.59 Å². The van der Waals surface area contributed by atoms with Crippen molar-refractivity contribution in [3.8, 4) is 0 Å². The Hall–Kier alpha value is -2.05. The van der Waals surface area contributed by atoms with Crippen molar-refractivity contribution >= 4 is 40.1 Å². The number of carbonyl (C=O) groups excluding carboxylic acids is 2. The molecule has 0 aliphatic carbocycles. The number of esters is 1. The Morgan fingerprint density at radius 3 is 2.96 bits per heavy atom. The summed E-state index contributed by atoms with van der Waals surface area (Å²) in [5, 5.41) is 4.12. The van der Waals surface area contributed by atoms with Crippen molar-refractivity contribution in [1.29, 1.82) is 0 Å². The number of benzene rings is 1. The highest BCUT2D eigenvalue weighted by atomic mass is 35.5. The van der Waals surface area contributed by atoms with Crippen LogP contribution in [0.5, 0.6) is 0 Å². The van der Waals surface area contributed by atoms with Gasteiger partial charge in [0.25, 0.3) is 5.91 Å². The van der Waals surface area contributed by atoms with Crippen LogP contribution in [-0.4, -0.2) is 43.6 Å². The van der Waals surface area contributed by atoms with Crippen molar-refractivity contribution in [1.82, 2.24) is 4.98 Å². The van der Waals surface area contributed by atoms with Gasteiger partial charge in [-0.15, -0.1) is 0 Å². The highest BCUT2D eigenvalue weighted by molar-refractivity contribution is 6.31. The molecule has 0 spiro atoms. The number of hydrogen-bond acceptors (Lipinski definition) is 3. The van der Waals surface area contributed by atoms with Gasteiger partial charge >= 0.3 is 5.97 Å². The van der Waals surface area contributed by atoms with Crippen molar-refractivity contribution in [3.05, 3.63) is 28.9 Å². The standard InChI is InChI=1S/C18H22ClN3O3/c1-11-4-3-7-22(9-11)10-15(23)21-16-13-8-12(19)5-6-14(13)20-17(16)18(24)25-2/h5-6,8,11,20H,3-4,7,9-10H2,1-2H3,(H,21,23)/p+1/t11-/m0/s1. The zero-order valence-electron chi connectivity index (χ0n) is 14.4. The van der Waals surface area contributed by atoms with E-state index in [4.69, 9.17) is 16.3 Å². The number of anilines is 1. The number of rotatable bonds is 4. The molecular formula is C18H23ClN3O3+. The Balaban J connectivity index is 1.84. The summed E-state index contributed by atoms with van der Waals surface area (Å²) in [5.41, 5.74) is 1.38. The SMILES string of the molecule is COC(=O)c1[nH]c2ccc(Cl)cc2c1NC(=O)C[NH+]1CCC[C@H](C)C1. The van der Waals surface area contributed by atoms with E-state index in [2.05, 4.69) is 17.2 Å². The molecule has 3 rings (SSSR count). The van der Waals surface area contributed by atoms with Gasteiger partial charge in [-0.2, -0.15) is 0 Å². The van der Waals surface area contributed by atoms with Gasteiger partial charge < -0.3 is 19.9 Å². The van der Waals surface area contributed by atoms with E-state index >= 15 is 0 Å². The van der Waals surface area contributed by atoms with Crippen LogP contribution in [0.1, 0.15) is 30.3 Å². The maximum Gasteiger partial charge on any atom is 0.356 e. The van der Waals surface area contributed by atoms with Gasteiger partial charge in [-0.1, -0.05) is 18.5 Å². The minimum Gasteiger partial charge on any atom is -0.464 e. The van der Waals surface area contributed by atoms with Crippen LogP contribution in [0, 0.1) is 5.92 Å². The second-order valence-corrected chi connectivity index (χ2v) is 7.17. The quantitative estimate of drug-likeness (QED) is 0.725.